The number of nitrogens with zero attached hydrogens (tertiary/aromatic N) is 4. The van der Waals surface area contributed by atoms with Gasteiger partial charge >= 0.3 is 0 Å². The highest BCUT2D eigenvalue weighted by Crippen LogP contribution is 2.37. The van der Waals surface area contributed by atoms with Crippen molar-refractivity contribution in [2.45, 2.75) is 0 Å². The second-order valence-electron chi connectivity index (χ2n) is 7.51. The molecule has 0 spiro atoms. The zero-order valence-corrected chi connectivity index (χ0v) is 18.3. The molecule has 162 valence electrons. The molecule has 8 heteroatoms. The highest BCUT2D eigenvalue weighted by atomic mass is 32.1. The van der Waals surface area contributed by atoms with E-state index in [2.05, 4.69) is 14.9 Å². The maximum atomic E-state index is 13.3. The number of para-hydroxylation sites is 1. The fourth-order valence-corrected chi connectivity index (χ4v) is 5.07. The molecule has 0 atom stereocenters. The zero-order chi connectivity index (χ0) is 22.1. The number of amides is 1. The molecule has 0 radical (unpaired) electrons. The number of ether oxygens (including phenoxy) is 1. The lowest BCUT2D eigenvalue weighted by Gasteiger charge is -2.35. The number of hydrogen-bond acceptors (Lipinski definition) is 6. The van der Waals surface area contributed by atoms with Gasteiger partial charge in [-0.25, -0.2) is 14.4 Å². The smallest absolute Gasteiger partial charge is 0.257 e. The fourth-order valence-electron chi connectivity index (χ4n) is 3.94. The molecule has 2 aromatic carbocycles. The summed E-state index contributed by atoms with van der Waals surface area (Å²) in [7, 11) is 1.58. The van der Waals surface area contributed by atoms with E-state index >= 15 is 0 Å². The van der Waals surface area contributed by atoms with Crippen LogP contribution >= 0.6 is 11.3 Å². The largest absolute Gasteiger partial charge is 0.496 e. The number of halogens is 1. The molecule has 0 bridgehead atoms. The average Bonchev–Trinajstić information content (AvgIpc) is 3.28. The summed E-state index contributed by atoms with van der Waals surface area (Å²) in [6.45, 7) is 2.55. The number of piperazine rings is 1. The molecular weight excluding hydrogens is 427 g/mol. The number of methoxy groups -OCH3 is 1. The van der Waals surface area contributed by atoms with Crippen LogP contribution in [0, 0.1) is 5.82 Å². The van der Waals surface area contributed by atoms with Crippen molar-refractivity contribution in [3.8, 4) is 16.2 Å². The highest BCUT2D eigenvalue weighted by molar-refractivity contribution is 7.22. The Balaban J connectivity index is 1.36. The lowest BCUT2D eigenvalue weighted by Crippen LogP contribution is -2.49. The number of carbonyl (C=O) groups is 1. The Morgan fingerprint density at radius 2 is 1.78 bits per heavy atom. The molecule has 4 aromatic rings. The predicted octanol–water partition coefficient (Wildman–Crippen LogP) is 4.47. The van der Waals surface area contributed by atoms with E-state index in [-0.39, 0.29) is 11.7 Å². The zero-order valence-electron chi connectivity index (χ0n) is 17.5. The van der Waals surface area contributed by atoms with Crippen molar-refractivity contribution in [2.75, 3.05) is 38.2 Å². The Kier molecular flexibility index (Phi) is 5.45. The van der Waals surface area contributed by atoms with E-state index in [1.807, 2.05) is 23.1 Å². The SMILES string of the molecule is COc1ccccc1C(=O)N1CCN(c2ncnc3cc(-c4ccc(F)cc4)sc23)CC1. The van der Waals surface area contributed by atoms with Crippen LogP contribution in [0.5, 0.6) is 5.75 Å². The Hall–Kier alpha value is -3.52. The molecule has 2 aromatic heterocycles. The maximum absolute atomic E-state index is 13.3. The van der Waals surface area contributed by atoms with Crippen LogP contribution in [-0.2, 0) is 0 Å². The van der Waals surface area contributed by atoms with E-state index in [0.29, 0.717) is 37.5 Å². The third-order valence-electron chi connectivity index (χ3n) is 5.62. The number of hydrogen-bond donors (Lipinski definition) is 0. The number of thiophene rings is 1. The van der Waals surface area contributed by atoms with Gasteiger partial charge in [-0.1, -0.05) is 24.3 Å². The van der Waals surface area contributed by atoms with Crippen molar-refractivity contribution in [3.05, 3.63) is 72.3 Å². The van der Waals surface area contributed by atoms with Crippen LogP contribution in [-0.4, -0.2) is 54.1 Å². The minimum Gasteiger partial charge on any atom is -0.496 e. The first-order valence-corrected chi connectivity index (χ1v) is 11.1. The van der Waals surface area contributed by atoms with Crippen LogP contribution in [0.1, 0.15) is 10.4 Å². The molecule has 0 unspecified atom stereocenters. The van der Waals surface area contributed by atoms with Gasteiger partial charge in [-0.15, -0.1) is 11.3 Å². The third-order valence-corrected chi connectivity index (χ3v) is 6.79. The van der Waals surface area contributed by atoms with Gasteiger partial charge in [-0.05, 0) is 35.9 Å². The first-order valence-electron chi connectivity index (χ1n) is 10.3. The van der Waals surface area contributed by atoms with Crippen molar-refractivity contribution >= 4 is 33.3 Å². The van der Waals surface area contributed by atoms with E-state index < -0.39 is 0 Å². The summed E-state index contributed by atoms with van der Waals surface area (Å²) < 4.78 is 19.6. The van der Waals surface area contributed by atoms with Crippen LogP contribution in [0.25, 0.3) is 20.7 Å². The Labute approximate surface area is 188 Å². The monoisotopic (exact) mass is 448 g/mol. The fraction of sp³-hybridized carbons (Fsp3) is 0.208. The second-order valence-corrected chi connectivity index (χ2v) is 8.56. The van der Waals surface area contributed by atoms with Gasteiger partial charge in [0.1, 0.15) is 23.7 Å². The topological polar surface area (TPSA) is 58.6 Å². The van der Waals surface area contributed by atoms with Crippen LogP contribution in [0.3, 0.4) is 0 Å². The molecule has 1 amide bonds. The van der Waals surface area contributed by atoms with Gasteiger partial charge in [0, 0.05) is 31.1 Å². The third kappa shape index (κ3) is 3.78. The second kappa shape index (κ2) is 8.55. The Morgan fingerprint density at radius 3 is 2.53 bits per heavy atom. The molecule has 5 rings (SSSR count). The lowest BCUT2D eigenvalue weighted by atomic mass is 10.1. The molecule has 1 aliphatic rings. The molecule has 6 nitrogen and oxygen atoms in total. The van der Waals surface area contributed by atoms with Crippen molar-refractivity contribution in [2.24, 2.45) is 0 Å². The van der Waals surface area contributed by atoms with Gasteiger partial charge in [-0.3, -0.25) is 4.79 Å². The summed E-state index contributed by atoms with van der Waals surface area (Å²) >= 11 is 1.60. The first-order chi connectivity index (χ1) is 15.6. The van der Waals surface area contributed by atoms with Gasteiger partial charge < -0.3 is 14.5 Å². The van der Waals surface area contributed by atoms with Gasteiger partial charge in [0.05, 0.1) is 22.9 Å². The van der Waals surface area contributed by atoms with Gasteiger partial charge in [-0.2, -0.15) is 0 Å². The van der Waals surface area contributed by atoms with E-state index in [1.54, 1.807) is 49.0 Å². The number of aromatic nitrogens is 2. The number of rotatable bonds is 4. The first kappa shape index (κ1) is 20.4. The molecule has 1 aliphatic heterocycles. The van der Waals surface area contributed by atoms with Crippen molar-refractivity contribution in [3.63, 3.8) is 0 Å². The summed E-state index contributed by atoms with van der Waals surface area (Å²) in [6, 6.07) is 15.8. The molecule has 32 heavy (non-hydrogen) atoms. The highest BCUT2D eigenvalue weighted by Gasteiger charge is 2.26. The van der Waals surface area contributed by atoms with Crippen LogP contribution in [0.15, 0.2) is 60.9 Å². The van der Waals surface area contributed by atoms with E-state index in [4.69, 9.17) is 4.74 Å². The molecular formula is C24H21FN4O2S. The van der Waals surface area contributed by atoms with Crippen LogP contribution < -0.4 is 9.64 Å². The molecule has 1 fully saturated rings. The number of benzene rings is 2. The molecule has 1 saturated heterocycles. The number of fused-ring (bicyclic) bond motifs is 1. The summed E-state index contributed by atoms with van der Waals surface area (Å²) in [5.74, 6) is 1.18. The van der Waals surface area contributed by atoms with Crippen LogP contribution in [0.4, 0.5) is 10.2 Å². The summed E-state index contributed by atoms with van der Waals surface area (Å²) in [4.78, 5) is 27.0. The van der Waals surface area contributed by atoms with Gasteiger partial charge in [0.2, 0.25) is 0 Å². The van der Waals surface area contributed by atoms with Gasteiger partial charge in [0.25, 0.3) is 5.91 Å². The molecule has 3 heterocycles. The minimum absolute atomic E-state index is 0.0235. The lowest BCUT2D eigenvalue weighted by molar-refractivity contribution is 0.0743. The van der Waals surface area contributed by atoms with E-state index in [0.717, 1.165) is 26.5 Å². The van der Waals surface area contributed by atoms with Gasteiger partial charge in [0.15, 0.2) is 0 Å². The quantitative estimate of drug-likeness (QED) is 0.461. The molecule has 0 aliphatic carbocycles. The average molecular weight is 449 g/mol. The number of anilines is 1. The normalized spacial score (nSPS) is 14.1. The Morgan fingerprint density at radius 1 is 1.03 bits per heavy atom. The maximum Gasteiger partial charge on any atom is 0.257 e. The number of carbonyl (C=O) groups excluding carboxylic acids is 1. The summed E-state index contributed by atoms with van der Waals surface area (Å²) in [5, 5.41) is 0. The molecule has 0 N–H and O–H groups in total. The Bertz CT molecular complexity index is 1270. The van der Waals surface area contributed by atoms with Crippen molar-refractivity contribution in [1.29, 1.82) is 0 Å². The van der Waals surface area contributed by atoms with E-state index in [9.17, 15) is 9.18 Å². The van der Waals surface area contributed by atoms with Crippen molar-refractivity contribution in [1.82, 2.24) is 14.9 Å². The van der Waals surface area contributed by atoms with Crippen molar-refractivity contribution < 1.29 is 13.9 Å². The van der Waals surface area contributed by atoms with Crippen LogP contribution in [0.2, 0.25) is 0 Å². The predicted molar refractivity (Wildman–Crippen MR) is 124 cm³/mol. The van der Waals surface area contributed by atoms with E-state index in [1.165, 1.54) is 12.1 Å². The minimum atomic E-state index is -0.254. The summed E-state index contributed by atoms with van der Waals surface area (Å²) in [5.41, 5.74) is 2.40. The molecule has 0 saturated carbocycles. The summed E-state index contributed by atoms with van der Waals surface area (Å²) in [6.07, 6.45) is 1.57. The standard InChI is InChI=1S/C24H21FN4O2S/c1-31-20-5-3-2-4-18(20)24(30)29-12-10-28(11-13-29)23-22-19(26-15-27-23)14-21(32-22)16-6-8-17(25)9-7-16/h2-9,14-15H,10-13H2,1H3.